The number of rotatable bonds is 2. The van der Waals surface area contributed by atoms with E-state index in [1.54, 1.807) is 0 Å². The Morgan fingerprint density at radius 1 is 1.41 bits per heavy atom. The van der Waals surface area contributed by atoms with Gasteiger partial charge in [-0.3, -0.25) is 4.79 Å². The number of phenols is 1. The molecule has 0 aliphatic carbocycles. The fraction of sp³-hybridized carbons (Fsp3) is 0. The molecule has 6 heteroatoms. The van der Waals surface area contributed by atoms with E-state index in [1.165, 1.54) is 30.5 Å². The number of amides is 1. The molecular weight excluding hydrogens is 244 g/mol. The molecule has 0 fully saturated rings. The van der Waals surface area contributed by atoms with E-state index in [0.29, 0.717) is 5.69 Å². The number of carbonyl (C=O) groups excluding carboxylic acids is 1. The summed E-state index contributed by atoms with van der Waals surface area (Å²) in [5.74, 6) is -0.400. The molecule has 1 amide bonds. The number of halogens is 1. The van der Waals surface area contributed by atoms with Crippen LogP contribution in [0, 0.1) is 0 Å². The maximum absolute atomic E-state index is 11.8. The minimum absolute atomic E-state index is 0.0137. The van der Waals surface area contributed by atoms with Crippen LogP contribution in [0.1, 0.15) is 10.4 Å². The number of hydrogen-bond donors (Lipinski definition) is 3. The van der Waals surface area contributed by atoms with Crippen molar-refractivity contribution < 1.29 is 14.3 Å². The second-order valence-corrected chi connectivity index (χ2v) is 3.68. The van der Waals surface area contributed by atoms with Crippen LogP contribution in [0.5, 0.6) is 5.75 Å². The van der Waals surface area contributed by atoms with Crippen molar-refractivity contribution in [2.24, 2.45) is 0 Å². The molecule has 0 atom stereocenters. The molecule has 0 aliphatic heterocycles. The van der Waals surface area contributed by atoms with Gasteiger partial charge in [-0.05, 0) is 29.8 Å². The summed E-state index contributed by atoms with van der Waals surface area (Å²) in [6, 6.07) is 5.71. The van der Waals surface area contributed by atoms with Gasteiger partial charge >= 0.3 is 0 Å². The Hall–Kier alpha value is -2.14. The first-order valence-corrected chi connectivity index (χ1v) is 5.08. The summed E-state index contributed by atoms with van der Waals surface area (Å²) in [6.45, 7) is 0. The van der Waals surface area contributed by atoms with Crippen LogP contribution in [0.4, 0.5) is 11.4 Å². The molecule has 2 aromatic rings. The molecule has 2 rings (SSSR count). The average molecular weight is 253 g/mol. The summed E-state index contributed by atoms with van der Waals surface area (Å²) in [6.07, 6.45) is 1.32. The van der Waals surface area contributed by atoms with Crippen LogP contribution in [0.3, 0.4) is 0 Å². The zero-order chi connectivity index (χ0) is 12.4. The smallest absolute Gasteiger partial charge is 0.260 e. The van der Waals surface area contributed by atoms with E-state index in [1.807, 2.05) is 0 Å². The molecule has 4 N–H and O–H groups in total. The van der Waals surface area contributed by atoms with Crippen molar-refractivity contribution in [1.29, 1.82) is 0 Å². The van der Waals surface area contributed by atoms with Gasteiger partial charge in [0.25, 0.3) is 5.91 Å². The van der Waals surface area contributed by atoms with Gasteiger partial charge < -0.3 is 20.6 Å². The molecular formula is C11H9ClN2O3. The minimum Gasteiger partial charge on any atom is -0.508 e. The lowest BCUT2D eigenvalue weighted by atomic mass is 10.2. The van der Waals surface area contributed by atoms with Gasteiger partial charge in [-0.25, -0.2) is 0 Å². The summed E-state index contributed by atoms with van der Waals surface area (Å²) >= 11 is 5.67. The Labute approximate surface area is 102 Å². The summed E-state index contributed by atoms with van der Waals surface area (Å²) in [4.78, 5) is 11.8. The van der Waals surface area contributed by atoms with Crippen LogP contribution in [0.25, 0.3) is 0 Å². The zero-order valence-corrected chi connectivity index (χ0v) is 9.36. The molecule has 5 nitrogen and oxygen atoms in total. The molecule has 88 valence electrons. The highest BCUT2D eigenvalue weighted by atomic mass is 35.5. The number of phenolic OH excluding ortho intramolecular Hbond substituents is 1. The lowest BCUT2D eigenvalue weighted by Gasteiger charge is -2.07. The number of nitrogen functional groups attached to an aromatic ring is 1. The van der Waals surface area contributed by atoms with Gasteiger partial charge in [0.1, 0.15) is 5.75 Å². The van der Waals surface area contributed by atoms with E-state index in [2.05, 4.69) is 5.32 Å². The van der Waals surface area contributed by atoms with Crippen LogP contribution in [0.15, 0.2) is 34.9 Å². The summed E-state index contributed by atoms with van der Waals surface area (Å²) in [5, 5.41) is 11.7. The monoisotopic (exact) mass is 252 g/mol. The van der Waals surface area contributed by atoms with Crippen LogP contribution in [0.2, 0.25) is 5.22 Å². The van der Waals surface area contributed by atoms with E-state index in [-0.39, 0.29) is 22.2 Å². The molecule has 1 heterocycles. The van der Waals surface area contributed by atoms with Crippen molar-refractivity contribution in [3.05, 3.63) is 41.3 Å². The van der Waals surface area contributed by atoms with E-state index in [0.717, 1.165) is 0 Å². The van der Waals surface area contributed by atoms with Gasteiger partial charge in [0.15, 0.2) is 0 Å². The molecule has 0 saturated carbocycles. The lowest BCUT2D eigenvalue weighted by molar-refractivity contribution is 0.102. The third-order valence-electron chi connectivity index (χ3n) is 2.15. The first kappa shape index (κ1) is 11.3. The Morgan fingerprint density at radius 3 is 2.76 bits per heavy atom. The number of aromatic hydroxyl groups is 1. The van der Waals surface area contributed by atoms with Gasteiger partial charge in [0, 0.05) is 6.07 Å². The van der Waals surface area contributed by atoms with Gasteiger partial charge in [-0.15, -0.1) is 0 Å². The molecule has 0 radical (unpaired) electrons. The number of nitrogens with one attached hydrogen (secondary N) is 1. The molecule has 0 aliphatic rings. The van der Waals surface area contributed by atoms with Gasteiger partial charge in [0.05, 0.1) is 23.2 Å². The second-order valence-electron chi connectivity index (χ2n) is 3.33. The molecule has 0 spiro atoms. The van der Waals surface area contributed by atoms with Gasteiger partial charge in [-0.2, -0.15) is 0 Å². The highest BCUT2D eigenvalue weighted by Gasteiger charge is 2.14. The number of anilines is 2. The molecule has 1 aromatic carbocycles. The molecule has 17 heavy (non-hydrogen) atoms. The van der Waals surface area contributed by atoms with Crippen molar-refractivity contribution in [2.75, 3.05) is 11.1 Å². The highest BCUT2D eigenvalue weighted by molar-refractivity contribution is 6.32. The summed E-state index contributed by atoms with van der Waals surface area (Å²) in [5.41, 5.74) is 6.51. The first-order chi connectivity index (χ1) is 8.08. The van der Waals surface area contributed by atoms with Crippen molar-refractivity contribution in [3.63, 3.8) is 0 Å². The Balaban J connectivity index is 2.22. The molecule has 0 bridgehead atoms. The summed E-state index contributed by atoms with van der Waals surface area (Å²) in [7, 11) is 0. The topological polar surface area (TPSA) is 88.5 Å². The fourth-order valence-electron chi connectivity index (χ4n) is 1.31. The van der Waals surface area contributed by atoms with Crippen LogP contribution < -0.4 is 11.1 Å². The van der Waals surface area contributed by atoms with Crippen LogP contribution in [-0.4, -0.2) is 11.0 Å². The number of nitrogens with two attached hydrogens (primary N) is 1. The molecule has 0 unspecified atom stereocenters. The second kappa shape index (κ2) is 4.39. The van der Waals surface area contributed by atoms with Crippen LogP contribution in [-0.2, 0) is 0 Å². The predicted octanol–water partition coefficient (Wildman–Crippen LogP) is 2.47. The van der Waals surface area contributed by atoms with E-state index >= 15 is 0 Å². The number of hydrogen-bond acceptors (Lipinski definition) is 4. The maximum Gasteiger partial charge on any atom is 0.260 e. The van der Waals surface area contributed by atoms with Gasteiger partial charge in [0.2, 0.25) is 5.22 Å². The zero-order valence-electron chi connectivity index (χ0n) is 8.61. The van der Waals surface area contributed by atoms with Crippen molar-refractivity contribution in [1.82, 2.24) is 0 Å². The number of carbonyl (C=O) groups is 1. The van der Waals surface area contributed by atoms with Crippen molar-refractivity contribution in [3.8, 4) is 5.75 Å². The van der Waals surface area contributed by atoms with Crippen LogP contribution >= 0.6 is 11.6 Å². The normalized spacial score (nSPS) is 10.2. The Kier molecular flexibility index (Phi) is 2.93. The fourth-order valence-corrected chi connectivity index (χ4v) is 1.51. The minimum atomic E-state index is -0.430. The highest BCUT2D eigenvalue weighted by Crippen LogP contribution is 2.25. The first-order valence-electron chi connectivity index (χ1n) is 4.71. The molecule has 0 saturated heterocycles. The number of furan rings is 1. The van der Waals surface area contributed by atoms with E-state index in [9.17, 15) is 9.90 Å². The Morgan fingerprint density at radius 2 is 2.18 bits per heavy atom. The standard InChI is InChI=1S/C11H9ClN2O3/c12-10-7(3-4-17-10)11(16)14-9-2-1-6(15)5-8(9)13/h1-5,15H,13H2,(H,14,16). The summed E-state index contributed by atoms with van der Waals surface area (Å²) < 4.78 is 4.81. The number of benzene rings is 1. The maximum atomic E-state index is 11.8. The average Bonchev–Trinajstić information content (AvgIpc) is 2.68. The van der Waals surface area contributed by atoms with E-state index in [4.69, 9.17) is 21.8 Å². The largest absolute Gasteiger partial charge is 0.508 e. The Bertz CT molecular complexity index is 566. The van der Waals surface area contributed by atoms with Crippen molar-refractivity contribution >= 4 is 28.9 Å². The van der Waals surface area contributed by atoms with Crippen molar-refractivity contribution in [2.45, 2.75) is 0 Å². The SMILES string of the molecule is Nc1cc(O)ccc1NC(=O)c1ccoc1Cl. The lowest BCUT2D eigenvalue weighted by Crippen LogP contribution is -2.12. The third-order valence-corrected chi connectivity index (χ3v) is 2.44. The quantitative estimate of drug-likeness (QED) is 0.566. The van der Waals surface area contributed by atoms with E-state index < -0.39 is 5.91 Å². The predicted molar refractivity (Wildman–Crippen MR) is 64.2 cm³/mol. The molecule has 1 aromatic heterocycles. The van der Waals surface area contributed by atoms with Gasteiger partial charge in [-0.1, -0.05) is 0 Å². The third kappa shape index (κ3) is 2.34.